The van der Waals surface area contributed by atoms with Crippen LogP contribution in [0.15, 0.2) is 52.7 Å². The minimum absolute atomic E-state index is 0.290. The van der Waals surface area contributed by atoms with E-state index >= 15 is 0 Å². The van der Waals surface area contributed by atoms with Crippen molar-refractivity contribution in [1.82, 2.24) is 4.98 Å². The first-order valence-corrected chi connectivity index (χ1v) is 10.1. The first kappa shape index (κ1) is 16.2. The number of nitrogens with zero attached hydrogens (tertiary/aromatic N) is 2. The average Bonchev–Trinajstić information content (AvgIpc) is 3.20. The second kappa shape index (κ2) is 5.93. The standard InChI is InChI=1S/C18H15FN2O2S2/c1-12-20-16(11-24-12)13-6-7-17-14(10-13)8-9-21(17)25(22,23)18-5-3-2-4-15(18)19/h2-7,10-11H,8-9H2,1H3. The molecule has 7 heteroatoms. The van der Waals surface area contributed by atoms with Crippen LogP contribution < -0.4 is 4.31 Å². The molecule has 2 aromatic carbocycles. The Labute approximate surface area is 149 Å². The first-order chi connectivity index (χ1) is 12.0. The molecule has 0 N–H and O–H groups in total. The highest BCUT2D eigenvalue weighted by molar-refractivity contribution is 7.92. The summed E-state index contributed by atoms with van der Waals surface area (Å²) in [6.45, 7) is 2.26. The molecule has 0 saturated heterocycles. The molecule has 25 heavy (non-hydrogen) atoms. The highest BCUT2D eigenvalue weighted by atomic mass is 32.2. The summed E-state index contributed by atoms with van der Waals surface area (Å²) in [6, 6.07) is 11.1. The van der Waals surface area contributed by atoms with Crippen molar-refractivity contribution in [2.75, 3.05) is 10.8 Å². The Bertz CT molecular complexity index is 1060. The van der Waals surface area contributed by atoms with Crippen molar-refractivity contribution in [3.63, 3.8) is 0 Å². The summed E-state index contributed by atoms with van der Waals surface area (Å²) in [6.07, 6.45) is 0.597. The number of benzene rings is 2. The summed E-state index contributed by atoms with van der Waals surface area (Å²) in [7, 11) is -3.91. The van der Waals surface area contributed by atoms with E-state index in [9.17, 15) is 12.8 Å². The van der Waals surface area contributed by atoms with Gasteiger partial charge in [0.2, 0.25) is 0 Å². The number of anilines is 1. The summed E-state index contributed by atoms with van der Waals surface area (Å²) >= 11 is 1.58. The predicted molar refractivity (Wildman–Crippen MR) is 96.9 cm³/mol. The molecule has 0 spiro atoms. The van der Waals surface area contributed by atoms with Crippen LogP contribution in [0.1, 0.15) is 10.6 Å². The third-order valence-corrected chi connectivity index (χ3v) is 6.87. The Morgan fingerprint density at radius 1 is 1.20 bits per heavy atom. The van der Waals surface area contributed by atoms with Crippen LogP contribution in [-0.2, 0) is 16.4 Å². The Hall–Kier alpha value is -2.25. The molecule has 0 amide bonds. The van der Waals surface area contributed by atoms with Crippen molar-refractivity contribution < 1.29 is 12.8 Å². The van der Waals surface area contributed by atoms with Gasteiger partial charge >= 0.3 is 0 Å². The molecule has 2 heterocycles. The largest absolute Gasteiger partial charge is 0.267 e. The van der Waals surface area contributed by atoms with E-state index in [0.29, 0.717) is 18.7 Å². The van der Waals surface area contributed by atoms with Crippen LogP contribution >= 0.6 is 11.3 Å². The van der Waals surface area contributed by atoms with Gasteiger partial charge < -0.3 is 0 Å². The Kier molecular flexibility index (Phi) is 3.85. The van der Waals surface area contributed by atoms with Crippen molar-refractivity contribution in [1.29, 1.82) is 0 Å². The third kappa shape index (κ3) is 2.73. The smallest absolute Gasteiger partial charge is 0.266 e. The van der Waals surface area contributed by atoms with E-state index in [1.807, 2.05) is 24.4 Å². The van der Waals surface area contributed by atoms with Gasteiger partial charge in [-0.1, -0.05) is 18.2 Å². The number of halogens is 1. The molecule has 1 aliphatic rings. The normalized spacial score (nSPS) is 13.9. The quantitative estimate of drug-likeness (QED) is 0.696. The molecule has 0 saturated carbocycles. The molecule has 0 unspecified atom stereocenters. The van der Waals surface area contributed by atoms with Gasteiger partial charge in [0.25, 0.3) is 10.0 Å². The number of sulfonamides is 1. The van der Waals surface area contributed by atoms with Crippen LogP contribution in [0.25, 0.3) is 11.3 Å². The van der Waals surface area contributed by atoms with Gasteiger partial charge in [0.15, 0.2) is 0 Å². The lowest BCUT2D eigenvalue weighted by Crippen LogP contribution is -2.29. The fourth-order valence-electron chi connectivity index (χ4n) is 3.05. The molecule has 128 valence electrons. The molecule has 0 atom stereocenters. The molecular weight excluding hydrogens is 359 g/mol. The lowest BCUT2D eigenvalue weighted by atomic mass is 10.1. The number of thiazole rings is 1. The zero-order chi connectivity index (χ0) is 17.6. The Balaban J connectivity index is 1.74. The summed E-state index contributed by atoms with van der Waals surface area (Å²) in [5.41, 5.74) is 3.40. The Morgan fingerprint density at radius 2 is 2.00 bits per heavy atom. The van der Waals surface area contributed by atoms with Gasteiger partial charge in [0.1, 0.15) is 10.7 Å². The second-order valence-electron chi connectivity index (χ2n) is 5.85. The van der Waals surface area contributed by atoms with Gasteiger partial charge in [-0.15, -0.1) is 11.3 Å². The maximum absolute atomic E-state index is 14.0. The van der Waals surface area contributed by atoms with Crippen molar-refractivity contribution in [3.8, 4) is 11.3 Å². The van der Waals surface area contributed by atoms with Crippen LogP contribution in [0, 0.1) is 12.7 Å². The van der Waals surface area contributed by atoms with Crippen LogP contribution in [-0.4, -0.2) is 19.9 Å². The molecule has 1 aliphatic heterocycles. The van der Waals surface area contributed by atoms with E-state index in [0.717, 1.165) is 27.9 Å². The molecule has 3 aromatic rings. The van der Waals surface area contributed by atoms with Crippen molar-refractivity contribution in [2.45, 2.75) is 18.2 Å². The fraction of sp³-hybridized carbons (Fsp3) is 0.167. The zero-order valence-electron chi connectivity index (χ0n) is 13.4. The maximum Gasteiger partial charge on any atom is 0.267 e. The molecular formula is C18H15FN2O2S2. The fourth-order valence-corrected chi connectivity index (χ4v) is 5.24. The van der Waals surface area contributed by atoms with Gasteiger partial charge in [0, 0.05) is 17.5 Å². The maximum atomic E-state index is 14.0. The van der Waals surface area contributed by atoms with Crippen molar-refractivity contribution >= 4 is 27.0 Å². The topological polar surface area (TPSA) is 50.3 Å². The molecule has 0 radical (unpaired) electrons. The van der Waals surface area contributed by atoms with Gasteiger partial charge in [-0.3, -0.25) is 4.31 Å². The number of hydrogen-bond acceptors (Lipinski definition) is 4. The molecule has 1 aromatic heterocycles. The first-order valence-electron chi connectivity index (χ1n) is 7.79. The van der Waals surface area contributed by atoms with Gasteiger partial charge in [-0.2, -0.15) is 0 Å². The monoisotopic (exact) mass is 374 g/mol. The third-order valence-electron chi connectivity index (χ3n) is 4.25. The van der Waals surface area contributed by atoms with Crippen LogP contribution in [0.3, 0.4) is 0 Å². The zero-order valence-corrected chi connectivity index (χ0v) is 15.1. The van der Waals surface area contributed by atoms with Gasteiger partial charge in [0.05, 0.1) is 16.4 Å². The van der Waals surface area contributed by atoms with E-state index < -0.39 is 15.8 Å². The lowest BCUT2D eigenvalue weighted by Gasteiger charge is -2.20. The predicted octanol–water partition coefficient (Wildman–Crippen LogP) is 4.01. The van der Waals surface area contributed by atoms with Gasteiger partial charge in [-0.25, -0.2) is 17.8 Å². The summed E-state index contributed by atoms with van der Waals surface area (Å²) in [5.74, 6) is -0.731. The number of rotatable bonds is 3. The molecule has 4 rings (SSSR count). The molecule has 0 fully saturated rings. The highest BCUT2D eigenvalue weighted by Gasteiger charge is 2.32. The second-order valence-corrected chi connectivity index (χ2v) is 8.75. The van der Waals surface area contributed by atoms with Crippen molar-refractivity contribution in [2.24, 2.45) is 0 Å². The number of hydrogen-bond donors (Lipinski definition) is 0. The SMILES string of the molecule is Cc1nc(-c2ccc3c(c2)CCN3S(=O)(=O)c2ccccc2F)cs1. The van der Waals surface area contributed by atoms with Crippen LogP contribution in [0.5, 0.6) is 0 Å². The lowest BCUT2D eigenvalue weighted by molar-refractivity contribution is 0.564. The minimum Gasteiger partial charge on any atom is -0.266 e. The molecule has 0 aliphatic carbocycles. The van der Waals surface area contributed by atoms with E-state index in [1.54, 1.807) is 17.4 Å². The number of aryl methyl sites for hydroxylation is 1. The van der Waals surface area contributed by atoms with Crippen molar-refractivity contribution in [3.05, 3.63) is 64.2 Å². The summed E-state index contributed by atoms with van der Waals surface area (Å²) < 4.78 is 41.0. The minimum atomic E-state index is -3.91. The van der Waals surface area contributed by atoms with E-state index in [4.69, 9.17) is 0 Å². The van der Waals surface area contributed by atoms with Crippen LogP contribution in [0.2, 0.25) is 0 Å². The average molecular weight is 374 g/mol. The molecule has 0 bridgehead atoms. The van der Waals surface area contributed by atoms with E-state index in [2.05, 4.69) is 4.98 Å². The summed E-state index contributed by atoms with van der Waals surface area (Å²) in [5, 5.41) is 2.97. The van der Waals surface area contributed by atoms with E-state index in [-0.39, 0.29) is 4.90 Å². The van der Waals surface area contributed by atoms with Gasteiger partial charge in [-0.05, 0) is 43.2 Å². The number of fused-ring (bicyclic) bond motifs is 1. The number of aromatic nitrogens is 1. The van der Waals surface area contributed by atoms with E-state index in [1.165, 1.54) is 22.5 Å². The Morgan fingerprint density at radius 3 is 2.72 bits per heavy atom. The molecule has 4 nitrogen and oxygen atoms in total. The highest BCUT2D eigenvalue weighted by Crippen LogP contribution is 2.36. The summed E-state index contributed by atoms with van der Waals surface area (Å²) in [4.78, 5) is 4.18. The van der Waals surface area contributed by atoms with Crippen LogP contribution in [0.4, 0.5) is 10.1 Å².